The quantitative estimate of drug-likeness (QED) is 0.650. The first-order valence-corrected chi connectivity index (χ1v) is 6.01. The molecule has 1 aliphatic carbocycles. The maximum Gasteiger partial charge on any atom is 0.0947 e. The molecule has 0 amide bonds. The Morgan fingerprint density at radius 3 is 2.53 bits per heavy atom. The van der Waals surface area contributed by atoms with Crippen LogP contribution in [0, 0.1) is 17.2 Å². The molecule has 1 heteroatoms. The molecule has 17 heavy (non-hydrogen) atoms. The van der Waals surface area contributed by atoms with Crippen LogP contribution in [0.15, 0.2) is 47.1 Å². The standard InChI is InChI=1S/C16H17N/c1-11-9-15(12(2)10-17)13(3)16(11)14-7-5-4-6-8-14/h4-8,11H,9H2,1-3H3/b15-12-. The van der Waals surface area contributed by atoms with Crippen LogP contribution in [0.1, 0.15) is 32.8 Å². The molecule has 1 aliphatic rings. The number of rotatable bonds is 1. The van der Waals surface area contributed by atoms with E-state index in [9.17, 15) is 0 Å². The summed E-state index contributed by atoms with van der Waals surface area (Å²) in [5.41, 5.74) is 6.08. The van der Waals surface area contributed by atoms with Crippen LogP contribution in [0.4, 0.5) is 0 Å². The molecule has 0 spiro atoms. The normalized spacial score (nSPS) is 22.6. The Balaban J connectivity index is 2.55. The van der Waals surface area contributed by atoms with Crippen LogP contribution < -0.4 is 0 Å². The summed E-state index contributed by atoms with van der Waals surface area (Å²) in [5.74, 6) is 0.510. The number of hydrogen-bond donors (Lipinski definition) is 0. The molecule has 0 saturated carbocycles. The molecule has 2 rings (SSSR count). The van der Waals surface area contributed by atoms with Crippen LogP contribution in [0.3, 0.4) is 0 Å². The minimum atomic E-state index is 0.510. The second kappa shape index (κ2) is 4.59. The van der Waals surface area contributed by atoms with Gasteiger partial charge < -0.3 is 0 Å². The molecule has 1 aromatic carbocycles. The van der Waals surface area contributed by atoms with Crippen molar-refractivity contribution in [1.29, 1.82) is 5.26 Å². The van der Waals surface area contributed by atoms with Gasteiger partial charge in [0.05, 0.1) is 6.07 Å². The third-order valence-corrected chi connectivity index (χ3v) is 3.56. The number of allylic oxidation sites excluding steroid dienone is 4. The monoisotopic (exact) mass is 223 g/mol. The summed E-state index contributed by atoms with van der Waals surface area (Å²) in [4.78, 5) is 0. The molecule has 0 fully saturated rings. The van der Waals surface area contributed by atoms with Crippen molar-refractivity contribution < 1.29 is 0 Å². The van der Waals surface area contributed by atoms with Crippen molar-refractivity contribution in [3.8, 4) is 6.07 Å². The third kappa shape index (κ3) is 2.03. The van der Waals surface area contributed by atoms with Gasteiger partial charge >= 0.3 is 0 Å². The highest BCUT2D eigenvalue weighted by atomic mass is 14.3. The lowest BCUT2D eigenvalue weighted by Crippen LogP contribution is -1.92. The Bertz CT molecular complexity index is 526. The summed E-state index contributed by atoms with van der Waals surface area (Å²) in [7, 11) is 0. The summed E-state index contributed by atoms with van der Waals surface area (Å²) in [6.45, 7) is 6.30. The van der Waals surface area contributed by atoms with E-state index in [2.05, 4.69) is 44.2 Å². The lowest BCUT2D eigenvalue weighted by molar-refractivity contribution is 0.772. The zero-order valence-corrected chi connectivity index (χ0v) is 10.6. The van der Waals surface area contributed by atoms with Gasteiger partial charge in [-0.05, 0) is 48.5 Å². The Morgan fingerprint density at radius 2 is 1.94 bits per heavy atom. The molecule has 0 N–H and O–H groups in total. The Kier molecular flexibility index (Phi) is 3.15. The van der Waals surface area contributed by atoms with Gasteiger partial charge in [0.2, 0.25) is 0 Å². The van der Waals surface area contributed by atoms with Crippen molar-refractivity contribution in [2.24, 2.45) is 5.92 Å². The molecule has 0 heterocycles. The van der Waals surface area contributed by atoms with Crippen LogP contribution >= 0.6 is 0 Å². The third-order valence-electron chi connectivity index (χ3n) is 3.56. The Hall–Kier alpha value is -1.81. The fourth-order valence-electron chi connectivity index (χ4n) is 2.71. The van der Waals surface area contributed by atoms with Gasteiger partial charge in [0.25, 0.3) is 0 Å². The van der Waals surface area contributed by atoms with E-state index in [1.165, 1.54) is 22.3 Å². The van der Waals surface area contributed by atoms with E-state index in [-0.39, 0.29) is 0 Å². The highest BCUT2D eigenvalue weighted by Crippen LogP contribution is 2.42. The summed E-state index contributed by atoms with van der Waals surface area (Å²) in [6.07, 6.45) is 0.995. The molecule has 1 atom stereocenters. The first-order chi connectivity index (χ1) is 8.15. The molecule has 1 unspecified atom stereocenters. The fourth-order valence-corrected chi connectivity index (χ4v) is 2.71. The molecule has 0 aliphatic heterocycles. The van der Waals surface area contributed by atoms with Crippen LogP contribution in [-0.2, 0) is 0 Å². The Labute approximate surface area is 103 Å². The topological polar surface area (TPSA) is 23.8 Å². The molecular weight excluding hydrogens is 206 g/mol. The molecule has 0 bridgehead atoms. The van der Waals surface area contributed by atoms with Crippen molar-refractivity contribution >= 4 is 5.57 Å². The Morgan fingerprint density at radius 1 is 1.29 bits per heavy atom. The predicted molar refractivity (Wildman–Crippen MR) is 71.1 cm³/mol. The highest BCUT2D eigenvalue weighted by molar-refractivity contribution is 5.77. The van der Waals surface area contributed by atoms with E-state index in [1.54, 1.807) is 0 Å². The van der Waals surface area contributed by atoms with Crippen LogP contribution in [0.2, 0.25) is 0 Å². The number of nitriles is 1. The molecular formula is C16H17N. The van der Waals surface area contributed by atoms with Gasteiger partial charge in [-0.2, -0.15) is 5.26 Å². The lowest BCUT2D eigenvalue weighted by Gasteiger charge is -2.09. The second-order valence-electron chi connectivity index (χ2n) is 4.73. The van der Waals surface area contributed by atoms with Crippen LogP contribution in [-0.4, -0.2) is 0 Å². The average Bonchev–Trinajstić information content (AvgIpc) is 2.65. The second-order valence-corrected chi connectivity index (χ2v) is 4.73. The van der Waals surface area contributed by atoms with Crippen molar-refractivity contribution in [2.75, 3.05) is 0 Å². The molecule has 0 radical (unpaired) electrons. The maximum atomic E-state index is 9.03. The largest absolute Gasteiger partial charge is 0.193 e. The zero-order valence-electron chi connectivity index (χ0n) is 10.6. The predicted octanol–water partition coefficient (Wildman–Crippen LogP) is 4.34. The first-order valence-electron chi connectivity index (χ1n) is 6.01. The van der Waals surface area contributed by atoms with E-state index in [0.717, 1.165) is 12.0 Å². The van der Waals surface area contributed by atoms with Gasteiger partial charge in [0.1, 0.15) is 0 Å². The average molecular weight is 223 g/mol. The molecule has 0 saturated heterocycles. The van der Waals surface area contributed by atoms with E-state index in [1.807, 2.05) is 13.0 Å². The van der Waals surface area contributed by atoms with E-state index < -0.39 is 0 Å². The van der Waals surface area contributed by atoms with E-state index >= 15 is 0 Å². The van der Waals surface area contributed by atoms with Gasteiger partial charge in [0, 0.05) is 5.57 Å². The van der Waals surface area contributed by atoms with Crippen molar-refractivity contribution in [1.82, 2.24) is 0 Å². The van der Waals surface area contributed by atoms with E-state index in [4.69, 9.17) is 5.26 Å². The summed E-state index contributed by atoms with van der Waals surface area (Å²) >= 11 is 0. The first kappa shape index (κ1) is 11.7. The van der Waals surface area contributed by atoms with Crippen LogP contribution in [0.25, 0.3) is 5.57 Å². The SMILES string of the molecule is CC1=C(c2ccccc2)C(C)C/C1=C(\C)C#N. The smallest absolute Gasteiger partial charge is 0.0947 e. The summed E-state index contributed by atoms with van der Waals surface area (Å²) in [5, 5.41) is 9.03. The van der Waals surface area contributed by atoms with Gasteiger partial charge in [0.15, 0.2) is 0 Å². The minimum Gasteiger partial charge on any atom is -0.193 e. The van der Waals surface area contributed by atoms with Gasteiger partial charge in [-0.1, -0.05) is 37.3 Å². The fraction of sp³-hybridized carbons (Fsp3) is 0.312. The highest BCUT2D eigenvalue weighted by Gasteiger charge is 2.25. The lowest BCUT2D eigenvalue weighted by atomic mass is 9.95. The molecule has 1 nitrogen and oxygen atoms in total. The van der Waals surface area contributed by atoms with Crippen LogP contribution in [0.5, 0.6) is 0 Å². The maximum absolute atomic E-state index is 9.03. The molecule has 86 valence electrons. The zero-order chi connectivity index (χ0) is 12.4. The van der Waals surface area contributed by atoms with Crippen molar-refractivity contribution in [3.05, 3.63) is 52.6 Å². The number of nitrogens with zero attached hydrogens (tertiary/aromatic N) is 1. The number of benzene rings is 1. The van der Waals surface area contributed by atoms with Gasteiger partial charge in [-0.25, -0.2) is 0 Å². The molecule has 0 aromatic heterocycles. The van der Waals surface area contributed by atoms with Gasteiger partial charge in [-0.3, -0.25) is 0 Å². The molecule has 1 aromatic rings. The summed E-state index contributed by atoms with van der Waals surface area (Å²) < 4.78 is 0. The van der Waals surface area contributed by atoms with Crippen molar-refractivity contribution in [2.45, 2.75) is 27.2 Å². The van der Waals surface area contributed by atoms with E-state index in [0.29, 0.717) is 5.92 Å². The van der Waals surface area contributed by atoms with Crippen molar-refractivity contribution in [3.63, 3.8) is 0 Å². The number of hydrogen-bond acceptors (Lipinski definition) is 1. The minimum absolute atomic E-state index is 0.510. The van der Waals surface area contributed by atoms with Gasteiger partial charge in [-0.15, -0.1) is 0 Å². The summed E-state index contributed by atoms with van der Waals surface area (Å²) in [6, 6.07) is 12.8.